The summed E-state index contributed by atoms with van der Waals surface area (Å²) in [7, 11) is -4.91. The predicted molar refractivity (Wildman–Crippen MR) is 111 cm³/mol. The molecule has 0 aromatic carbocycles. The highest BCUT2D eigenvalue weighted by Crippen LogP contribution is 2.68. The predicted octanol–water partition coefficient (Wildman–Crippen LogP) is 1.87. The van der Waals surface area contributed by atoms with Crippen LogP contribution in [0.2, 0.25) is 0 Å². The fraction of sp³-hybridized carbons (Fsp3) is 0.727. The second kappa shape index (κ2) is 7.39. The van der Waals surface area contributed by atoms with Gasteiger partial charge >= 0.3 is 7.82 Å². The van der Waals surface area contributed by atoms with E-state index in [-0.39, 0.29) is 36.4 Å². The summed E-state index contributed by atoms with van der Waals surface area (Å²) in [6.07, 6.45) is 2.54. The summed E-state index contributed by atoms with van der Waals surface area (Å²) in [4.78, 5) is 42.8. The summed E-state index contributed by atoms with van der Waals surface area (Å²) in [6.45, 7) is 4.24. The molecule has 4 rings (SSSR count). The third-order valence-corrected chi connectivity index (χ3v) is 9.31. The van der Waals surface area contributed by atoms with Gasteiger partial charge in [0, 0.05) is 16.7 Å². The summed E-state index contributed by atoms with van der Waals surface area (Å²) in [5, 5.41) is 22.9. The van der Waals surface area contributed by atoms with E-state index >= 15 is 4.39 Å². The van der Waals surface area contributed by atoms with E-state index in [0.29, 0.717) is 12.0 Å². The van der Waals surface area contributed by atoms with Gasteiger partial charge in [0.05, 0.1) is 6.10 Å². The molecule has 178 valence electrons. The lowest BCUT2D eigenvalue weighted by atomic mass is 9.46. The van der Waals surface area contributed by atoms with Crippen molar-refractivity contribution in [3.63, 3.8) is 0 Å². The highest BCUT2D eigenvalue weighted by atomic mass is 31.2. The number of aliphatic hydroxyl groups excluding tert-OH is 1. The van der Waals surface area contributed by atoms with Gasteiger partial charge in [-0.2, -0.15) is 0 Å². The molecule has 0 bridgehead atoms. The molecule has 0 saturated heterocycles. The zero-order chi connectivity index (χ0) is 23.9. The smallest absolute Gasteiger partial charge is 0.393 e. The van der Waals surface area contributed by atoms with Crippen LogP contribution in [0.25, 0.3) is 0 Å². The molecule has 0 aromatic rings. The van der Waals surface area contributed by atoms with Crippen LogP contribution in [0.15, 0.2) is 23.8 Å². The maximum atomic E-state index is 15.3. The van der Waals surface area contributed by atoms with Crippen molar-refractivity contribution >= 4 is 19.4 Å². The van der Waals surface area contributed by atoms with Crippen LogP contribution in [0.4, 0.5) is 4.39 Å². The first-order valence-corrected chi connectivity index (χ1v) is 12.4. The number of alkyl halides is 1. The number of halogens is 1. The molecule has 10 heteroatoms. The van der Waals surface area contributed by atoms with Gasteiger partial charge in [0.15, 0.2) is 11.6 Å². The van der Waals surface area contributed by atoms with Crippen LogP contribution in [0.1, 0.15) is 40.0 Å². The third kappa shape index (κ3) is 3.24. The Morgan fingerprint density at radius 2 is 1.97 bits per heavy atom. The van der Waals surface area contributed by atoms with Gasteiger partial charge in [-0.3, -0.25) is 14.1 Å². The van der Waals surface area contributed by atoms with Gasteiger partial charge in [-0.15, -0.1) is 0 Å². The second-order valence-corrected chi connectivity index (χ2v) is 11.6. The Bertz CT molecular complexity index is 958. The van der Waals surface area contributed by atoms with E-state index in [1.54, 1.807) is 19.9 Å². The van der Waals surface area contributed by atoms with Crippen molar-refractivity contribution in [2.45, 2.75) is 57.9 Å². The maximum absolute atomic E-state index is 15.3. The summed E-state index contributed by atoms with van der Waals surface area (Å²) >= 11 is 0. The normalized spacial score (nSPS) is 48.0. The molecule has 0 aliphatic heterocycles. The lowest BCUT2D eigenvalue weighted by Crippen LogP contribution is -2.63. The summed E-state index contributed by atoms with van der Waals surface area (Å²) in [6, 6.07) is 0. The highest BCUT2D eigenvalue weighted by molar-refractivity contribution is 7.46. The van der Waals surface area contributed by atoms with Crippen molar-refractivity contribution in [2.24, 2.45) is 34.5 Å². The molecule has 3 fully saturated rings. The van der Waals surface area contributed by atoms with E-state index in [0.717, 1.165) is 0 Å². The van der Waals surface area contributed by atoms with Crippen LogP contribution in [0, 0.1) is 34.5 Å². The minimum absolute atomic E-state index is 0.0585. The Kier molecular flexibility index (Phi) is 5.52. The van der Waals surface area contributed by atoms with E-state index in [9.17, 15) is 24.4 Å². The number of hydrogen-bond donors (Lipinski definition) is 4. The first-order valence-electron chi connectivity index (χ1n) is 10.9. The van der Waals surface area contributed by atoms with Gasteiger partial charge in [-0.05, 0) is 54.7 Å². The summed E-state index contributed by atoms with van der Waals surface area (Å²) < 4.78 is 30.8. The zero-order valence-electron chi connectivity index (χ0n) is 18.3. The SMILES string of the molecule is C[C@@H]1C[C@H]2[C@@H]3C[C@H](F)C4=CC(=O)C=C[C@@]4(C)[C@H]3[C@@H](O)C[C@]2(C)[C@@]1(O)C(=O)COP(=O)(O)O. The van der Waals surface area contributed by atoms with Gasteiger partial charge in [-0.25, -0.2) is 8.96 Å². The monoisotopic (exact) mass is 472 g/mol. The van der Waals surface area contributed by atoms with Crippen LogP contribution in [-0.4, -0.2) is 56.0 Å². The fourth-order valence-corrected chi connectivity index (χ4v) is 7.80. The van der Waals surface area contributed by atoms with E-state index in [1.807, 2.05) is 6.92 Å². The Balaban J connectivity index is 1.72. The van der Waals surface area contributed by atoms with Crippen LogP contribution < -0.4 is 0 Å². The number of phosphoric acid groups is 1. The van der Waals surface area contributed by atoms with Gasteiger partial charge in [0.2, 0.25) is 0 Å². The number of carbonyl (C=O) groups excluding carboxylic acids is 2. The Labute approximate surface area is 185 Å². The van der Waals surface area contributed by atoms with Crippen LogP contribution >= 0.6 is 7.82 Å². The number of Topliss-reactive ketones (excluding diaryl/α,β-unsaturated/α-hetero) is 1. The Morgan fingerprint density at radius 1 is 1.31 bits per heavy atom. The topological polar surface area (TPSA) is 141 Å². The number of ketones is 2. The molecule has 0 aromatic heterocycles. The van der Waals surface area contributed by atoms with Crippen LogP contribution in [0.5, 0.6) is 0 Å². The molecule has 4 aliphatic carbocycles. The lowest BCUT2D eigenvalue weighted by Gasteiger charge is -2.60. The molecule has 4 N–H and O–H groups in total. The van der Waals surface area contributed by atoms with Gasteiger partial charge in [-0.1, -0.05) is 26.8 Å². The molecule has 0 heterocycles. The van der Waals surface area contributed by atoms with Gasteiger partial charge in [0.1, 0.15) is 18.4 Å². The third-order valence-electron chi connectivity index (χ3n) is 8.85. The molecule has 3 saturated carbocycles. The quantitative estimate of drug-likeness (QED) is 0.455. The van der Waals surface area contributed by atoms with Gasteiger partial charge in [0.25, 0.3) is 0 Å². The molecule has 0 amide bonds. The van der Waals surface area contributed by atoms with Crippen molar-refractivity contribution in [3.05, 3.63) is 23.8 Å². The average Bonchev–Trinajstić information content (AvgIpc) is 2.88. The Morgan fingerprint density at radius 3 is 2.59 bits per heavy atom. The minimum atomic E-state index is -4.91. The molecular formula is C22H30FO8P. The number of hydrogen-bond acceptors (Lipinski definition) is 6. The van der Waals surface area contributed by atoms with Crippen LogP contribution in [0.3, 0.4) is 0 Å². The van der Waals surface area contributed by atoms with E-state index in [1.165, 1.54) is 12.2 Å². The number of carbonyl (C=O) groups is 2. The summed E-state index contributed by atoms with van der Waals surface area (Å²) in [5.74, 6) is -2.77. The average molecular weight is 472 g/mol. The van der Waals surface area contributed by atoms with E-state index in [4.69, 9.17) is 9.79 Å². The zero-order valence-corrected chi connectivity index (χ0v) is 19.2. The van der Waals surface area contributed by atoms with E-state index < -0.39 is 54.8 Å². The fourth-order valence-electron chi connectivity index (χ4n) is 7.52. The van der Waals surface area contributed by atoms with Crippen molar-refractivity contribution in [3.8, 4) is 0 Å². The number of aliphatic hydroxyl groups is 2. The Hall–Kier alpha value is -1.22. The first-order chi connectivity index (χ1) is 14.6. The van der Waals surface area contributed by atoms with Crippen molar-refractivity contribution in [2.75, 3.05) is 6.61 Å². The largest absolute Gasteiger partial charge is 0.470 e. The van der Waals surface area contributed by atoms with Crippen molar-refractivity contribution < 1.29 is 43.1 Å². The molecule has 9 atom stereocenters. The van der Waals surface area contributed by atoms with Gasteiger partial charge < -0.3 is 20.0 Å². The maximum Gasteiger partial charge on any atom is 0.470 e. The van der Waals surface area contributed by atoms with Crippen LogP contribution in [-0.2, 0) is 18.7 Å². The molecule has 0 radical (unpaired) electrons. The number of allylic oxidation sites excluding steroid dienone is 4. The minimum Gasteiger partial charge on any atom is -0.393 e. The molecule has 4 aliphatic rings. The second-order valence-electron chi connectivity index (χ2n) is 10.4. The number of rotatable bonds is 4. The summed E-state index contributed by atoms with van der Waals surface area (Å²) in [5.41, 5.74) is -3.61. The standard InChI is InChI=1S/C22H30FO8P/c1-11-6-14-13-8-16(23)15-7-12(24)4-5-20(15,2)19(13)17(25)9-21(14,3)22(11,27)18(26)10-31-32(28,29)30/h4-5,7,11,13-14,16-17,19,25,27H,6,8-10H2,1-3H3,(H2,28,29,30)/t11-,13+,14+,16+,17+,19-,20-,21+,22+/m1/s1. The molecular weight excluding hydrogens is 442 g/mol. The molecule has 32 heavy (non-hydrogen) atoms. The molecule has 0 unspecified atom stereocenters. The van der Waals surface area contributed by atoms with E-state index in [2.05, 4.69) is 4.52 Å². The molecule has 8 nitrogen and oxygen atoms in total. The first kappa shape index (κ1) is 23.9. The van der Waals surface area contributed by atoms with Crippen molar-refractivity contribution in [1.82, 2.24) is 0 Å². The number of fused-ring (bicyclic) bond motifs is 5. The number of phosphoric ester groups is 1. The molecule has 0 spiro atoms. The highest BCUT2D eigenvalue weighted by Gasteiger charge is 2.71. The van der Waals surface area contributed by atoms with Crippen molar-refractivity contribution in [1.29, 1.82) is 0 Å². The lowest BCUT2D eigenvalue weighted by molar-refractivity contribution is -0.185.